The van der Waals surface area contributed by atoms with Gasteiger partial charge in [-0.2, -0.15) is 0 Å². The first kappa shape index (κ1) is 18.6. The second-order valence-electron chi connectivity index (χ2n) is 7.40. The first-order valence-electron chi connectivity index (χ1n) is 8.89. The van der Waals surface area contributed by atoms with Gasteiger partial charge in [0, 0.05) is 31.8 Å². The molecule has 0 radical (unpaired) electrons. The molecule has 2 N–H and O–H groups in total. The summed E-state index contributed by atoms with van der Waals surface area (Å²) in [6, 6.07) is 1.70. The van der Waals surface area contributed by atoms with Gasteiger partial charge in [-0.05, 0) is 18.9 Å². The number of halogens is 3. The van der Waals surface area contributed by atoms with Gasteiger partial charge in [0.2, 0.25) is 5.92 Å². The number of ether oxygens (including phenoxy) is 1. The minimum absolute atomic E-state index is 0.0518. The minimum atomic E-state index is -2.74. The molecule has 3 heterocycles. The number of hydrogen-bond acceptors (Lipinski definition) is 4. The fraction of sp³-hybridized carbons (Fsp3) is 0.556. The molecule has 1 saturated carbocycles. The van der Waals surface area contributed by atoms with Crippen LogP contribution in [0.1, 0.15) is 42.1 Å². The largest absolute Gasteiger partial charge is 0.388 e. The van der Waals surface area contributed by atoms with Gasteiger partial charge in [0.05, 0.1) is 40.8 Å². The highest BCUT2D eigenvalue weighted by Gasteiger charge is 2.42. The van der Waals surface area contributed by atoms with Gasteiger partial charge in [-0.3, -0.25) is 4.79 Å². The highest BCUT2D eigenvalue weighted by atomic mass is 35.5. The Morgan fingerprint density at radius 3 is 2.70 bits per heavy atom. The summed E-state index contributed by atoms with van der Waals surface area (Å²) in [6.07, 6.45) is 2.40. The van der Waals surface area contributed by atoms with Crippen LogP contribution < -0.4 is 5.32 Å². The van der Waals surface area contributed by atoms with Crippen molar-refractivity contribution in [3.8, 4) is 0 Å². The molecule has 1 amide bonds. The monoisotopic (exact) mass is 399 g/mol. The predicted molar refractivity (Wildman–Crippen MR) is 95.3 cm³/mol. The Labute approximate surface area is 159 Å². The summed E-state index contributed by atoms with van der Waals surface area (Å²) >= 11 is 6.30. The van der Waals surface area contributed by atoms with Gasteiger partial charge >= 0.3 is 0 Å². The van der Waals surface area contributed by atoms with Gasteiger partial charge < -0.3 is 19.7 Å². The molecule has 0 spiro atoms. The van der Waals surface area contributed by atoms with Crippen molar-refractivity contribution in [3.05, 3.63) is 29.0 Å². The molecule has 0 aromatic carbocycles. The molecule has 2 fully saturated rings. The van der Waals surface area contributed by atoms with Gasteiger partial charge in [0.1, 0.15) is 5.65 Å². The summed E-state index contributed by atoms with van der Waals surface area (Å²) in [4.78, 5) is 17.1. The fourth-order valence-corrected chi connectivity index (χ4v) is 3.81. The molecule has 4 rings (SSSR count). The molecule has 0 bridgehead atoms. The second kappa shape index (κ2) is 6.68. The predicted octanol–water partition coefficient (Wildman–Crippen LogP) is 2.93. The molecule has 6 nitrogen and oxygen atoms in total. The number of nitrogens with one attached hydrogen (secondary N) is 1. The average molecular weight is 400 g/mol. The number of alkyl halides is 2. The van der Waals surface area contributed by atoms with E-state index in [1.165, 1.54) is 0 Å². The summed E-state index contributed by atoms with van der Waals surface area (Å²) in [6.45, 7) is 0.985. The number of rotatable bonds is 4. The van der Waals surface area contributed by atoms with Gasteiger partial charge in [-0.1, -0.05) is 11.6 Å². The summed E-state index contributed by atoms with van der Waals surface area (Å²) in [7, 11) is 0. The highest BCUT2D eigenvalue weighted by molar-refractivity contribution is 6.36. The maximum Gasteiger partial charge on any atom is 0.253 e. The Hall–Kier alpha value is -1.77. The number of aromatic nitrogens is 2. The van der Waals surface area contributed by atoms with Crippen molar-refractivity contribution in [1.82, 2.24) is 14.9 Å². The van der Waals surface area contributed by atoms with Crippen LogP contribution in [0.3, 0.4) is 0 Å². The lowest BCUT2D eigenvalue weighted by atomic mass is 9.82. The van der Waals surface area contributed by atoms with Crippen molar-refractivity contribution in [2.45, 2.75) is 43.2 Å². The Morgan fingerprint density at radius 1 is 1.37 bits per heavy atom. The van der Waals surface area contributed by atoms with E-state index in [2.05, 4.69) is 10.3 Å². The zero-order valence-corrected chi connectivity index (χ0v) is 15.3. The van der Waals surface area contributed by atoms with E-state index in [4.69, 9.17) is 16.3 Å². The molecule has 27 heavy (non-hydrogen) atoms. The van der Waals surface area contributed by atoms with E-state index < -0.39 is 17.4 Å². The van der Waals surface area contributed by atoms with E-state index >= 15 is 0 Å². The van der Waals surface area contributed by atoms with E-state index in [1.807, 2.05) is 4.57 Å². The maximum absolute atomic E-state index is 13.3. The van der Waals surface area contributed by atoms with Crippen molar-refractivity contribution in [3.63, 3.8) is 0 Å². The minimum Gasteiger partial charge on any atom is -0.388 e. The standard InChI is InChI=1S/C18H20ClF2N3O3/c19-13-1-6-22-15-14(13)12(7-24(15)11-8-27-9-11)16(25)23-10-17(26)2-4-18(20,21)5-3-17/h1,6-7,11,26H,2-5,8-10H2,(H,23,25). The summed E-state index contributed by atoms with van der Waals surface area (Å²) in [5, 5.41) is 14.1. The zero-order valence-electron chi connectivity index (χ0n) is 14.6. The van der Waals surface area contributed by atoms with Gasteiger partial charge in [-0.25, -0.2) is 13.8 Å². The lowest BCUT2D eigenvalue weighted by molar-refractivity contribution is -0.101. The summed E-state index contributed by atoms with van der Waals surface area (Å²) in [5.74, 6) is -3.16. The number of carbonyl (C=O) groups is 1. The van der Waals surface area contributed by atoms with Crippen molar-refractivity contribution in [2.24, 2.45) is 0 Å². The fourth-order valence-electron chi connectivity index (χ4n) is 3.57. The first-order chi connectivity index (χ1) is 12.8. The molecule has 1 aliphatic carbocycles. The number of carbonyl (C=O) groups excluding carboxylic acids is 1. The van der Waals surface area contributed by atoms with Crippen LogP contribution in [0.15, 0.2) is 18.5 Å². The molecule has 146 valence electrons. The average Bonchev–Trinajstić information content (AvgIpc) is 2.96. The molecule has 0 unspecified atom stereocenters. The third-order valence-electron chi connectivity index (χ3n) is 5.41. The topological polar surface area (TPSA) is 76.4 Å². The van der Waals surface area contributed by atoms with Crippen LogP contribution >= 0.6 is 11.6 Å². The third kappa shape index (κ3) is 3.53. The van der Waals surface area contributed by atoms with E-state index in [0.29, 0.717) is 34.8 Å². The van der Waals surface area contributed by atoms with Crippen molar-refractivity contribution in [2.75, 3.05) is 19.8 Å². The Kier molecular flexibility index (Phi) is 4.60. The maximum atomic E-state index is 13.3. The number of pyridine rings is 1. The van der Waals surface area contributed by atoms with E-state index in [1.54, 1.807) is 18.5 Å². The van der Waals surface area contributed by atoms with Gasteiger partial charge in [0.15, 0.2) is 0 Å². The quantitative estimate of drug-likeness (QED) is 0.828. The van der Waals surface area contributed by atoms with Crippen molar-refractivity contribution in [1.29, 1.82) is 0 Å². The number of amides is 1. The molecular weight excluding hydrogens is 380 g/mol. The molecule has 1 aliphatic heterocycles. The van der Waals surface area contributed by atoms with Crippen molar-refractivity contribution >= 4 is 28.5 Å². The van der Waals surface area contributed by atoms with Crippen LogP contribution in [0.4, 0.5) is 8.78 Å². The number of fused-ring (bicyclic) bond motifs is 1. The SMILES string of the molecule is O=C(NCC1(O)CCC(F)(F)CC1)c1cn(C2COC2)c2nccc(Cl)c12. The van der Waals surface area contributed by atoms with Crippen LogP contribution in [0.5, 0.6) is 0 Å². The smallest absolute Gasteiger partial charge is 0.253 e. The van der Waals surface area contributed by atoms with Crippen molar-refractivity contribution < 1.29 is 23.4 Å². The molecule has 2 aliphatic rings. The second-order valence-corrected chi connectivity index (χ2v) is 7.80. The van der Waals surface area contributed by atoms with Crippen LogP contribution in [-0.2, 0) is 4.74 Å². The Morgan fingerprint density at radius 2 is 2.07 bits per heavy atom. The van der Waals surface area contributed by atoms with E-state index in [9.17, 15) is 18.7 Å². The summed E-state index contributed by atoms with van der Waals surface area (Å²) < 4.78 is 33.7. The van der Waals surface area contributed by atoms with Gasteiger partial charge in [0.25, 0.3) is 5.91 Å². The first-order valence-corrected chi connectivity index (χ1v) is 9.27. The highest BCUT2D eigenvalue weighted by Crippen LogP contribution is 2.38. The Balaban J connectivity index is 1.54. The summed E-state index contributed by atoms with van der Waals surface area (Å²) in [5.41, 5.74) is -0.378. The Bertz CT molecular complexity index is 872. The van der Waals surface area contributed by atoms with Crippen LogP contribution in [-0.4, -0.2) is 51.8 Å². The molecule has 1 saturated heterocycles. The lowest BCUT2D eigenvalue weighted by Gasteiger charge is -2.35. The third-order valence-corrected chi connectivity index (χ3v) is 5.73. The number of aliphatic hydroxyl groups is 1. The lowest BCUT2D eigenvalue weighted by Crippen LogP contribution is -2.47. The molecule has 2 aromatic heterocycles. The van der Waals surface area contributed by atoms with Gasteiger partial charge in [-0.15, -0.1) is 0 Å². The number of nitrogens with zero attached hydrogens (tertiary/aromatic N) is 2. The normalized spacial score (nSPS) is 21.8. The van der Waals surface area contributed by atoms with Crippen LogP contribution in [0.25, 0.3) is 11.0 Å². The zero-order chi connectivity index (χ0) is 19.2. The van der Waals surface area contributed by atoms with Crippen LogP contribution in [0.2, 0.25) is 5.02 Å². The van der Waals surface area contributed by atoms with Crippen LogP contribution in [0, 0.1) is 0 Å². The molecule has 0 atom stereocenters. The molecular formula is C18H20ClF2N3O3. The molecule has 9 heteroatoms. The number of hydrogen-bond donors (Lipinski definition) is 2. The van der Waals surface area contributed by atoms with E-state index in [-0.39, 0.29) is 38.3 Å². The molecule has 2 aromatic rings. The van der Waals surface area contributed by atoms with E-state index in [0.717, 1.165) is 0 Å².